The summed E-state index contributed by atoms with van der Waals surface area (Å²) in [5, 5.41) is 0. The number of piperidine rings is 1. The van der Waals surface area contributed by atoms with Crippen LogP contribution in [0.1, 0.15) is 31.7 Å². The topological polar surface area (TPSA) is 29.5 Å². The van der Waals surface area contributed by atoms with Crippen molar-refractivity contribution in [1.82, 2.24) is 4.90 Å². The summed E-state index contributed by atoms with van der Waals surface area (Å²) in [6.07, 6.45) is 3.12. The van der Waals surface area contributed by atoms with E-state index >= 15 is 0 Å². The third-order valence-corrected chi connectivity index (χ3v) is 5.15. The molecular weight excluding hydrogens is 274 g/mol. The van der Waals surface area contributed by atoms with Crippen LogP contribution in [-0.4, -0.2) is 30.6 Å². The highest BCUT2D eigenvalue weighted by Gasteiger charge is 2.51. The Morgan fingerprint density at radius 2 is 2.18 bits per heavy atom. The van der Waals surface area contributed by atoms with Crippen LogP contribution in [-0.2, 0) is 16.1 Å². The number of fused-ring (bicyclic) bond motifs is 2. The van der Waals surface area contributed by atoms with Gasteiger partial charge in [-0.05, 0) is 31.2 Å². The van der Waals surface area contributed by atoms with Crippen molar-refractivity contribution in [2.45, 2.75) is 32.7 Å². The van der Waals surface area contributed by atoms with Crippen LogP contribution >= 0.6 is 0 Å². The number of hydrogen-bond acceptors (Lipinski definition) is 3. The summed E-state index contributed by atoms with van der Waals surface area (Å²) in [5.74, 6) is 0.359. The van der Waals surface area contributed by atoms with Gasteiger partial charge in [-0.2, -0.15) is 0 Å². The smallest absolute Gasteiger partial charge is 0.317 e. The highest BCUT2D eigenvalue weighted by molar-refractivity contribution is 5.81. The van der Waals surface area contributed by atoms with Crippen molar-refractivity contribution in [3.05, 3.63) is 48.0 Å². The van der Waals surface area contributed by atoms with Gasteiger partial charge in [-0.3, -0.25) is 9.69 Å². The van der Waals surface area contributed by atoms with Crippen molar-refractivity contribution in [2.24, 2.45) is 11.3 Å². The first kappa shape index (κ1) is 15.3. The summed E-state index contributed by atoms with van der Waals surface area (Å²) in [5.41, 5.74) is 1.93. The maximum absolute atomic E-state index is 12.6. The Labute approximate surface area is 133 Å². The van der Waals surface area contributed by atoms with Gasteiger partial charge < -0.3 is 4.74 Å². The van der Waals surface area contributed by atoms with E-state index in [9.17, 15) is 4.79 Å². The largest absolute Gasteiger partial charge is 0.465 e. The lowest BCUT2D eigenvalue weighted by molar-refractivity contribution is -0.158. The van der Waals surface area contributed by atoms with Crippen LogP contribution in [0.15, 0.2) is 42.5 Å². The van der Waals surface area contributed by atoms with Crippen molar-refractivity contribution in [2.75, 3.05) is 19.7 Å². The van der Waals surface area contributed by atoms with Crippen LogP contribution in [0.4, 0.5) is 0 Å². The molecule has 1 aromatic rings. The molecule has 0 amide bonds. The minimum Gasteiger partial charge on any atom is -0.465 e. The lowest BCUT2D eigenvalue weighted by atomic mass is 9.63. The second-order valence-corrected chi connectivity index (χ2v) is 6.57. The molecule has 0 radical (unpaired) electrons. The van der Waals surface area contributed by atoms with Crippen LogP contribution in [0.3, 0.4) is 0 Å². The summed E-state index contributed by atoms with van der Waals surface area (Å²) in [6.45, 7) is 9.26. The van der Waals surface area contributed by atoms with E-state index in [4.69, 9.17) is 4.74 Å². The Morgan fingerprint density at radius 3 is 2.91 bits per heavy atom. The van der Waals surface area contributed by atoms with Gasteiger partial charge in [0.1, 0.15) is 5.41 Å². The fraction of sp³-hybridized carbons (Fsp3) is 0.526. The van der Waals surface area contributed by atoms with E-state index in [0.717, 1.165) is 44.5 Å². The third-order valence-electron chi connectivity index (χ3n) is 5.15. The molecule has 1 saturated heterocycles. The SMILES string of the molecule is C=C1C2CCCC1(C(=O)OCC)CN(Cc1ccccc1)C2. The quantitative estimate of drug-likeness (QED) is 0.630. The number of ether oxygens (including phenoxy) is 1. The Balaban J connectivity index is 1.82. The van der Waals surface area contributed by atoms with Crippen LogP contribution in [0.2, 0.25) is 0 Å². The first-order valence-corrected chi connectivity index (χ1v) is 8.28. The third kappa shape index (κ3) is 2.70. The second kappa shape index (κ2) is 6.25. The van der Waals surface area contributed by atoms with Crippen molar-refractivity contribution >= 4 is 5.97 Å². The summed E-state index contributed by atoms with van der Waals surface area (Å²) in [4.78, 5) is 15.0. The van der Waals surface area contributed by atoms with E-state index in [1.54, 1.807) is 0 Å². The van der Waals surface area contributed by atoms with Crippen LogP contribution < -0.4 is 0 Å². The van der Waals surface area contributed by atoms with E-state index in [2.05, 4.69) is 35.7 Å². The molecule has 1 aliphatic heterocycles. The van der Waals surface area contributed by atoms with Gasteiger partial charge in [0.15, 0.2) is 0 Å². The van der Waals surface area contributed by atoms with Gasteiger partial charge in [0, 0.05) is 19.6 Å². The summed E-state index contributed by atoms with van der Waals surface area (Å²) in [6, 6.07) is 10.5. The Morgan fingerprint density at radius 1 is 1.41 bits per heavy atom. The average molecular weight is 299 g/mol. The Kier molecular flexibility index (Phi) is 4.34. The molecule has 0 N–H and O–H groups in total. The Bertz CT molecular complexity index is 554. The molecule has 2 aliphatic rings. The highest BCUT2D eigenvalue weighted by Crippen LogP contribution is 2.48. The lowest BCUT2D eigenvalue weighted by Gasteiger charge is -2.49. The minimum atomic E-state index is -0.480. The molecule has 0 spiro atoms. The number of carbonyl (C=O) groups excluding carboxylic acids is 1. The number of hydrogen-bond donors (Lipinski definition) is 0. The van der Waals surface area contributed by atoms with E-state index in [0.29, 0.717) is 12.5 Å². The lowest BCUT2D eigenvalue weighted by Crippen LogP contribution is -2.54. The number of likely N-dealkylation sites (tertiary alicyclic amines) is 1. The Hall–Kier alpha value is -1.61. The van der Waals surface area contributed by atoms with Crippen LogP contribution in [0.5, 0.6) is 0 Å². The molecule has 3 nitrogen and oxygen atoms in total. The van der Waals surface area contributed by atoms with Gasteiger partial charge in [0.05, 0.1) is 6.61 Å². The van der Waals surface area contributed by atoms with Gasteiger partial charge in [-0.15, -0.1) is 0 Å². The molecule has 118 valence electrons. The number of esters is 1. The van der Waals surface area contributed by atoms with Gasteiger partial charge in [-0.1, -0.05) is 48.9 Å². The van der Waals surface area contributed by atoms with Crippen molar-refractivity contribution in [3.63, 3.8) is 0 Å². The van der Waals surface area contributed by atoms with E-state index in [1.165, 1.54) is 5.56 Å². The second-order valence-electron chi connectivity index (χ2n) is 6.57. The molecule has 2 atom stereocenters. The number of rotatable bonds is 4. The molecule has 1 saturated carbocycles. The average Bonchev–Trinajstić information content (AvgIpc) is 2.50. The monoisotopic (exact) mass is 299 g/mol. The molecule has 1 aromatic carbocycles. The minimum absolute atomic E-state index is 0.0672. The van der Waals surface area contributed by atoms with Gasteiger partial charge in [-0.25, -0.2) is 0 Å². The predicted octanol–water partition coefficient (Wildman–Crippen LogP) is 3.41. The molecular formula is C19H25NO2. The summed E-state index contributed by atoms with van der Waals surface area (Å²) >= 11 is 0. The van der Waals surface area contributed by atoms with Gasteiger partial charge in [0.2, 0.25) is 0 Å². The normalized spacial score (nSPS) is 28.4. The molecule has 2 bridgehead atoms. The van der Waals surface area contributed by atoms with Crippen LogP contribution in [0, 0.1) is 11.3 Å². The highest BCUT2D eigenvalue weighted by atomic mass is 16.5. The molecule has 0 aromatic heterocycles. The maximum atomic E-state index is 12.6. The van der Waals surface area contributed by atoms with Crippen molar-refractivity contribution in [1.29, 1.82) is 0 Å². The number of nitrogens with zero attached hydrogens (tertiary/aromatic N) is 1. The molecule has 1 heterocycles. The zero-order valence-corrected chi connectivity index (χ0v) is 13.4. The van der Waals surface area contributed by atoms with E-state index in [1.807, 2.05) is 13.0 Å². The molecule has 2 unspecified atom stereocenters. The standard InChI is InChI=1S/C19H25NO2/c1-3-22-18(21)19-11-7-10-17(15(19)2)13-20(14-19)12-16-8-5-4-6-9-16/h4-6,8-9,17H,2-3,7,10-14H2,1H3. The number of carbonyl (C=O) groups is 1. The van der Waals surface area contributed by atoms with Crippen molar-refractivity contribution < 1.29 is 9.53 Å². The molecule has 3 rings (SSSR count). The predicted molar refractivity (Wildman–Crippen MR) is 87.3 cm³/mol. The fourth-order valence-electron chi connectivity index (χ4n) is 4.04. The van der Waals surface area contributed by atoms with E-state index < -0.39 is 5.41 Å². The zero-order valence-electron chi connectivity index (χ0n) is 13.4. The van der Waals surface area contributed by atoms with E-state index in [-0.39, 0.29) is 5.97 Å². The summed E-state index contributed by atoms with van der Waals surface area (Å²) in [7, 11) is 0. The number of benzene rings is 1. The maximum Gasteiger partial charge on any atom is 0.317 e. The summed E-state index contributed by atoms with van der Waals surface area (Å²) < 4.78 is 5.40. The molecule has 2 fully saturated rings. The molecule has 1 aliphatic carbocycles. The van der Waals surface area contributed by atoms with Gasteiger partial charge >= 0.3 is 5.97 Å². The zero-order chi connectivity index (χ0) is 15.6. The van der Waals surface area contributed by atoms with Crippen LogP contribution in [0.25, 0.3) is 0 Å². The van der Waals surface area contributed by atoms with Gasteiger partial charge in [0.25, 0.3) is 0 Å². The fourth-order valence-corrected chi connectivity index (χ4v) is 4.04. The van der Waals surface area contributed by atoms with Crippen molar-refractivity contribution in [3.8, 4) is 0 Å². The molecule has 3 heteroatoms. The first-order valence-electron chi connectivity index (χ1n) is 8.28. The first-order chi connectivity index (χ1) is 10.7. The molecule has 22 heavy (non-hydrogen) atoms.